The number of para-hydroxylation sites is 2. The first-order valence-electron chi connectivity index (χ1n) is 21.1. The van der Waals surface area contributed by atoms with Gasteiger partial charge in [0.25, 0.3) is 0 Å². The molecule has 1 aliphatic carbocycles. The molecule has 1 heteroatoms. The van der Waals surface area contributed by atoms with Gasteiger partial charge in [-0.3, -0.25) is 0 Å². The highest BCUT2D eigenvalue weighted by Crippen LogP contribution is 2.53. The highest BCUT2D eigenvalue weighted by atomic mass is 15.0. The first-order chi connectivity index (χ1) is 29.5. The van der Waals surface area contributed by atoms with E-state index in [9.17, 15) is 0 Å². The highest BCUT2D eigenvalue weighted by Gasteiger charge is 2.36. The minimum Gasteiger partial charge on any atom is -0.309 e. The number of rotatable bonds is 3. The fourth-order valence-electron chi connectivity index (χ4n) is 11.0. The summed E-state index contributed by atoms with van der Waals surface area (Å²) in [7, 11) is 0. The van der Waals surface area contributed by atoms with E-state index in [1.165, 1.54) is 126 Å². The lowest BCUT2D eigenvalue weighted by Crippen LogP contribution is -2.14. The SMILES string of the molecule is CC1(C)c2ccc(-c3c4ccccc4c(-c4ccc5c(c4)c4ccccc4n5-c4ccccc4)c4ccccc34)cc2-c2cc3c4ccccc4c4ccccc4c3cc21. The smallest absolute Gasteiger partial charge is 0.0541 e. The molecule has 0 amide bonds. The van der Waals surface area contributed by atoms with Crippen molar-refractivity contribution in [3.63, 3.8) is 0 Å². The van der Waals surface area contributed by atoms with Gasteiger partial charge in [0, 0.05) is 21.9 Å². The zero-order valence-electron chi connectivity index (χ0n) is 33.5. The quantitative estimate of drug-likeness (QED) is 0.125. The van der Waals surface area contributed by atoms with Crippen LogP contribution in [0, 0.1) is 0 Å². The Kier molecular flexibility index (Phi) is 6.85. The van der Waals surface area contributed by atoms with Crippen molar-refractivity contribution in [2.24, 2.45) is 0 Å². The van der Waals surface area contributed by atoms with Crippen LogP contribution in [0.15, 0.2) is 200 Å². The molecule has 1 aromatic heterocycles. The van der Waals surface area contributed by atoms with Crippen LogP contribution < -0.4 is 0 Å². The third kappa shape index (κ3) is 4.52. The Balaban J connectivity index is 1.05. The summed E-state index contributed by atoms with van der Waals surface area (Å²) in [5, 5.41) is 15.5. The van der Waals surface area contributed by atoms with E-state index in [-0.39, 0.29) is 5.41 Å². The maximum atomic E-state index is 2.51. The van der Waals surface area contributed by atoms with Crippen molar-refractivity contribution in [1.82, 2.24) is 4.57 Å². The molecule has 0 N–H and O–H groups in total. The van der Waals surface area contributed by atoms with Crippen molar-refractivity contribution >= 4 is 75.7 Å². The predicted molar refractivity (Wildman–Crippen MR) is 257 cm³/mol. The Labute approximate surface area is 348 Å². The second-order valence-electron chi connectivity index (χ2n) is 17.2. The molecule has 11 aromatic carbocycles. The maximum Gasteiger partial charge on any atom is 0.0541 e. The van der Waals surface area contributed by atoms with Gasteiger partial charge in [0.2, 0.25) is 0 Å². The molecule has 0 fully saturated rings. The molecule has 0 saturated carbocycles. The van der Waals surface area contributed by atoms with Crippen molar-refractivity contribution in [2.75, 3.05) is 0 Å². The Morgan fingerprint density at radius 2 is 0.733 bits per heavy atom. The molecule has 60 heavy (non-hydrogen) atoms. The summed E-state index contributed by atoms with van der Waals surface area (Å²) in [5.74, 6) is 0. The predicted octanol–water partition coefficient (Wildman–Crippen LogP) is 16.2. The van der Waals surface area contributed by atoms with E-state index in [1.54, 1.807) is 0 Å². The topological polar surface area (TPSA) is 4.93 Å². The van der Waals surface area contributed by atoms with E-state index in [0.29, 0.717) is 0 Å². The lowest BCUT2D eigenvalue weighted by atomic mass is 9.80. The van der Waals surface area contributed by atoms with E-state index in [4.69, 9.17) is 0 Å². The molecule has 0 bridgehead atoms. The van der Waals surface area contributed by atoms with Gasteiger partial charge < -0.3 is 4.57 Å². The van der Waals surface area contributed by atoms with Gasteiger partial charge in [-0.15, -0.1) is 0 Å². The Morgan fingerprint density at radius 3 is 1.33 bits per heavy atom. The van der Waals surface area contributed by atoms with E-state index >= 15 is 0 Å². The summed E-state index contributed by atoms with van der Waals surface area (Å²) >= 11 is 0. The van der Waals surface area contributed by atoms with Gasteiger partial charge in [0.1, 0.15) is 0 Å². The minimum absolute atomic E-state index is 0.138. The second-order valence-corrected chi connectivity index (χ2v) is 17.2. The Bertz CT molecular complexity index is 3730. The van der Waals surface area contributed by atoms with Crippen molar-refractivity contribution < 1.29 is 0 Å². The first-order valence-corrected chi connectivity index (χ1v) is 21.1. The Morgan fingerprint density at radius 1 is 0.300 bits per heavy atom. The number of fused-ring (bicyclic) bond motifs is 14. The fraction of sp³-hybridized carbons (Fsp3) is 0.0508. The van der Waals surface area contributed by atoms with E-state index in [0.717, 1.165) is 0 Å². The molecule has 0 spiro atoms. The van der Waals surface area contributed by atoms with E-state index in [2.05, 4.69) is 219 Å². The molecule has 0 unspecified atom stereocenters. The van der Waals surface area contributed by atoms with Crippen molar-refractivity contribution in [2.45, 2.75) is 19.3 Å². The first kappa shape index (κ1) is 33.5. The van der Waals surface area contributed by atoms with Crippen LogP contribution in [0.3, 0.4) is 0 Å². The number of benzene rings is 11. The van der Waals surface area contributed by atoms with Crippen LogP contribution in [-0.2, 0) is 5.41 Å². The number of hydrogen-bond donors (Lipinski definition) is 0. The van der Waals surface area contributed by atoms with Crippen LogP contribution in [0.5, 0.6) is 0 Å². The third-order valence-corrected chi connectivity index (χ3v) is 13.7. The molecule has 1 nitrogen and oxygen atoms in total. The molecule has 0 saturated heterocycles. The highest BCUT2D eigenvalue weighted by molar-refractivity contribution is 6.27. The summed E-state index contributed by atoms with van der Waals surface area (Å²) < 4.78 is 2.40. The Hall–Kier alpha value is -7.48. The fourth-order valence-corrected chi connectivity index (χ4v) is 11.0. The van der Waals surface area contributed by atoms with Gasteiger partial charge in [-0.25, -0.2) is 0 Å². The van der Waals surface area contributed by atoms with Crippen molar-refractivity contribution in [3.05, 3.63) is 211 Å². The molecule has 12 aromatic rings. The van der Waals surface area contributed by atoms with Gasteiger partial charge in [-0.2, -0.15) is 0 Å². The molecule has 0 aliphatic heterocycles. The number of hydrogen-bond acceptors (Lipinski definition) is 0. The van der Waals surface area contributed by atoms with Gasteiger partial charge in [0.15, 0.2) is 0 Å². The molecule has 280 valence electrons. The van der Waals surface area contributed by atoms with Crippen LogP contribution in [0.1, 0.15) is 25.0 Å². The van der Waals surface area contributed by atoms with Gasteiger partial charge in [-0.1, -0.05) is 166 Å². The van der Waals surface area contributed by atoms with E-state index < -0.39 is 0 Å². The summed E-state index contributed by atoms with van der Waals surface area (Å²) in [6.45, 7) is 4.81. The van der Waals surface area contributed by atoms with Crippen molar-refractivity contribution in [3.8, 4) is 39.1 Å². The summed E-state index contributed by atoms with van der Waals surface area (Å²) in [6, 6.07) is 74.9. The van der Waals surface area contributed by atoms with Crippen LogP contribution in [0.4, 0.5) is 0 Å². The molecule has 0 atom stereocenters. The minimum atomic E-state index is -0.138. The zero-order valence-corrected chi connectivity index (χ0v) is 33.5. The van der Waals surface area contributed by atoms with E-state index in [1.807, 2.05) is 0 Å². The number of aromatic nitrogens is 1. The lowest BCUT2D eigenvalue weighted by molar-refractivity contribution is 0.661. The standard InChI is InChI=1S/C59H39N/c1-59(2)53-30-28-36(32-50(53)51-34-48-41-20-8-6-18-39(41)40-19-7-9-21-42(40)49(48)35-54(51)59)57-44-23-10-12-25-46(44)58(47-26-13-11-24-45(47)57)37-29-31-56-52(33-37)43-22-14-15-27-55(43)60(56)38-16-4-3-5-17-38/h3-35H,1-2H3. The summed E-state index contributed by atoms with van der Waals surface area (Å²) in [5.41, 5.74) is 14.0. The molecular weight excluding hydrogens is 723 g/mol. The third-order valence-electron chi connectivity index (χ3n) is 13.7. The second kappa shape index (κ2) is 12.3. The average Bonchev–Trinajstić information content (AvgIpc) is 3.75. The number of nitrogens with zero attached hydrogens (tertiary/aromatic N) is 1. The molecular formula is C59H39N. The lowest BCUT2D eigenvalue weighted by Gasteiger charge is -2.23. The molecule has 13 rings (SSSR count). The van der Waals surface area contributed by atoms with Crippen LogP contribution >= 0.6 is 0 Å². The van der Waals surface area contributed by atoms with Crippen LogP contribution in [0.25, 0.3) is 115 Å². The summed E-state index contributed by atoms with van der Waals surface area (Å²) in [6.07, 6.45) is 0. The maximum absolute atomic E-state index is 2.51. The van der Waals surface area contributed by atoms with Crippen LogP contribution in [-0.4, -0.2) is 4.57 Å². The van der Waals surface area contributed by atoms with Gasteiger partial charge in [-0.05, 0) is 147 Å². The molecule has 1 aliphatic rings. The average molecular weight is 762 g/mol. The molecule has 0 radical (unpaired) electrons. The normalized spacial score (nSPS) is 13.3. The van der Waals surface area contributed by atoms with Gasteiger partial charge in [0.05, 0.1) is 11.0 Å². The monoisotopic (exact) mass is 761 g/mol. The molecule has 1 heterocycles. The summed E-state index contributed by atoms with van der Waals surface area (Å²) in [4.78, 5) is 0. The van der Waals surface area contributed by atoms with Gasteiger partial charge >= 0.3 is 0 Å². The largest absolute Gasteiger partial charge is 0.309 e. The zero-order chi connectivity index (χ0) is 39.7. The van der Waals surface area contributed by atoms with Crippen LogP contribution in [0.2, 0.25) is 0 Å². The van der Waals surface area contributed by atoms with Crippen molar-refractivity contribution in [1.29, 1.82) is 0 Å².